The maximum absolute atomic E-state index is 13.2. The van der Waals surface area contributed by atoms with Crippen molar-refractivity contribution < 1.29 is 23.1 Å². The summed E-state index contributed by atoms with van der Waals surface area (Å²) in [5.41, 5.74) is 1.30. The number of piperidine rings is 1. The summed E-state index contributed by atoms with van der Waals surface area (Å²) in [6.07, 6.45) is -1.28. The number of hydrogen-bond acceptors (Lipinski definition) is 4. The summed E-state index contributed by atoms with van der Waals surface area (Å²) in [5.74, 6) is 0.137. The topological polar surface area (TPSA) is 116 Å². The summed E-state index contributed by atoms with van der Waals surface area (Å²) in [6.45, 7) is 8.25. The first-order valence-electron chi connectivity index (χ1n) is 11.5. The average molecular weight is 488 g/mol. The number of amides is 2. The van der Waals surface area contributed by atoms with Gasteiger partial charge < -0.3 is 15.7 Å². The number of anilines is 1. The van der Waals surface area contributed by atoms with Gasteiger partial charge in [-0.25, -0.2) is 13.2 Å². The molecule has 0 unspecified atom stereocenters. The molecule has 0 aliphatic carbocycles. The molecule has 2 amide bonds. The van der Waals surface area contributed by atoms with Crippen LogP contribution in [-0.2, 0) is 14.8 Å². The number of sulfonamides is 1. The lowest BCUT2D eigenvalue weighted by Gasteiger charge is -2.39. The van der Waals surface area contributed by atoms with E-state index in [0.29, 0.717) is 11.6 Å². The molecule has 9 heteroatoms. The van der Waals surface area contributed by atoms with Crippen molar-refractivity contribution in [2.75, 3.05) is 18.4 Å². The summed E-state index contributed by atoms with van der Waals surface area (Å²) in [5, 5.41) is 14.5. The van der Waals surface area contributed by atoms with Gasteiger partial charge in [0.15, 0.2) is 0 Å². The first-order valence-corrected chi connectivity index (χ1v) is 12.9. The van der Waals surface area contributed by atoms with Crippen molar-refractivity contribution in [3.8, 4) is 0 Å². The van der Waals surface area contributed by atoms with Crippen LogP contribution in [-0.4, -0.2) is 48.5 Å². The number of carbonyl (C=O) groups excluding carboxylic acids is 1. The molecule has 1 aliphatic heterocycles. The molecule has 0 saturated carbocycles. The number of carbonyl (C=O) groups is 2. The lowest BCUT2D eigenvalue weighted by molar-refractivity contribution is -0.123. The Morgan fingerprint density at radius 3 is 1.79 bits per heavy atom. The van der Waals surface area contributed by atoms with Gasteiger partial charge in [0.2, 0.25) is 15.9 Å². The highest BCUT2D eigenvalue weighted by Gasteiger charge is 2.45. The molecule has 0 spiro atoms. The van der Waals surface area contributed by atoms with Crippen LogP contribution in [0.25, 0.3) is 0 Å². The fourth-order valence-corrected chi connectivity index (χ4v) is 5.54. The van der Waals surface area contributed by atoms with E-state index in [1.54, 1.807) is 36.4 Å². The van der Waals surface area contributed by atoms with E-state index < -0.39 is 27.6 Å². The van der Waals surface area contributed by atoms with Crippen LogP contribution in [0.1, 0.15) is 63.5 Å². The van der Waals surface area contributed by atoms with Crippen LogP contribution in [0.4, 0.5) is 10.5 Å². The summed E-state index contributed by atoms with van der Waals surface area (Å²) < 4.78 is 27.6. The minimum atomic E-state index is -3.75. The number of rotatable bonds is 7. The molecular weight excluding hydrogens is 454 g/mol. The minimum Gasteiger partial charge on any atom is -0.465 e. The monoisotopic (exact) mass is 487 g/mol. The highest BCUT2D eigenvalue weighted by atomic mass is 32.2. The lowest BCUT2D eigenvalue weighted by atomic mass is 9.87. The number of benzene rings is 2. The number of carboxylic acid groups (broad SMARTS) is 1. The number of nitrogens with zero attached hydrogens (tertiary/aromatic N) is 1. The van der Waals surface area contributed by atoms with E-state index in [1.165, 1.54) is 4.31 Å². The van der Waals surface area contributed by atoms with Gasteiger partial charge in [0.25, 0.3) is 0 Å². The Morgan fingerprint density at radius 1 is 0.882 bits per heavy atom. The zero-order chi connectivity index (χ0) is 25.1. The molecule has 1 aliphatic rings. The van der Waals surface area contributed by atoms with Crippen molar-refractivity contribution in [2.24, 2.45) is 0 Å². The van der Waals surface area contributed by atoms with E-state index in [-0.39, 0.29) is 36.7 Å². The second kappa shape index (κ2) is 10.1. The van der Waals surface area contributed by atoms with Crippen molar-refractivity contribution in [1.29, 1.82) is 0 Å². The van der Waals surface area contributed by atoms with Gasteiger partial charge in [-0.1, -0.05) is 52.0 Å². The second-order valence-corrected chi connectivity index (χ2v) is 11.3. The van der Waals surface area contributed by atoms with Gasteiger partial charge in [-0.2, -0.15) is 4.31 Å². The summed E-state index contributed by atoms with van der Waals surface area (Å²) in [4.78, 5) is 24.9. The molecule has 0 radical (unpaired) electrons. The Morgan fingerprint density at radius 2 is 1.35 bits per heavy atom. The summed E-state index contributed by atoms with van der Waals surface area (Å²) in [6, 6.07) is 14.2. The molecule has 2 aromatic rings. The van der Waals surface area contributed by atoms with E-state index >= 15 is 0 Å². The first-order chi connectivity index (χ1) is 15.9. The molecule has 8 nitrogen and oxygen atoms in total. The molecule has 1 saturated heterocycles. The van der Waals surface area contributed by atoms with Crippen LogP contribution < -0.4 is 10.6 Å². The Kier molecular flexibility index (Phi) is 7.67. The van der Waals surface area contributed by atoms with E-state index in [2.05, 4.69) is 24.5 Å². The number of hydrogen-bond donors (Lipinski definition) is 3. The van der Waals surface area contributed by atoms with Crippen molar-refractivity contribution >= 4 is 27.7 Å². The van der Waals surface area contributed by atoms with Crippen molar-refractivity contribution in [2.45, 2.75) is 62.8 Å². The second-order valence-electron chi connectivity index (χ2n) is 9.37. The highest BCUT2D eigenvalue weighted by molar-refractivity contribution is 7.89. The smallest absolute Gasteiger partial charge is 0.405 e. The molecule has 1 fully saturated rings. The SMILES string of the molecule is CC(C)c1ccc(NC(=O)C2(NC(=O)O)CCN(S(=O)(=O)c3ccc(C(C)C)cc3)CC2)cc1. The van der Waals surface area contributed by atoms with E-state index in [9.17, 15) is 23.1 Å². The molecule has 3 N–H and O–H groups in total. The van der Waals surface area contributed by atoms with Crippen molar-refractivity contribution in [1.82, 2.24) is 9.62 Å². The third kappa shape index (κ3) is 5.59. The van der Waals surface area contributed by atoms with Gasteiger partial charge in [-0.15, -0.1) is 0 Å². The molecule has 0 bridgehead atoms. The predicted molar refractivity (Wildman–Crippen MR) is 132 cm³/mol. The first kappa shape index (κ1) is 25.7. The molecule has 0 atom stereocenters. The molecule has 0 aromatic heterocycles. The quantitative estimate of drug-likeness (QED) is 0.537. The third-order valence-corrected chi connectivity index (χ3v) is 8.29. The fraction of sp³-hybridized carbons (Fsp3) is 0.440. The average Bonchev–Trinajstić information content (AvgIpc) is 2.79. The maximum atomic E-state index is 13.2. The zero-order valence-electron chi connectivity index (χ0n) is 20.0. The molecule has 184 valence electrons. The van der Waals surface area contributed by atoms with Crippen LogP contribution in [0.15, 0.2) is 53.4 Å². The Labute approximate surface area is 201 Å². The lowest BCUT2D eigenvalue weighted by Crippen LogP contribution is -2.62. The van der Waals surface area contributed by atoms with Crippen molar-refractivity contribution in [3.05, 3.63) is 59.7 Å². The normalized spacial score (nSPS) is 16.4. The van der Waals surface area contributed by atoms with Crippen LogP contribution in [0.5, 0.6) is 0 Å². The summed E-state index contributed by atoms with van der Waals surface area (Å²) >= 11 is 0. The molecule has 2 aromatic carbocycles. The van der Waals surface area contributed by atoms with E-state index in [4.69, 9.17) is 0 Å². The van der Waals surface area contributed by atoms with E-state index in [1.807, 2.05) is 26.0 Å². The molecule has 3 rings (SSSR count). The Balaban J connectivity index is 1.75. The predicted octanol–water partition coefficient (Wildman–Crippen LogP) is 4.36. The Hall–Kier alpha value is -2.91. The third-order valence-electron chi connectivity index (χ3n) is 6.38. The maximum Gasteiger partial charge on any atom is 0.405 e. The van der Waals surface area contributed by atoms with Gasteiger partial charge >= 0.3 is 6.09 Å². The van der Waals surface area contributed by atoms with Crippen LogP contribution in [0.3, 0.4) is 0 Å². The largest absolute Gasteiger partial charge is 0.465 e. The molecule has 1 heterocycles. The van der Waals surface area contributed by atoms with Crippen LogP contribution in [0.2, 0.25) is 0 Å². The van der Waals surface area contributed by atoms with Crippen molar-refractivity contribution in [3.63, 3.8) is 0 Å². The number of nitrogens with one attached hydrogen (secondary N) is 2. The van der Waals surface area contributed by atoms with Gasteiger partial charge in [-0.05, 0) is 60.1 Å². The zero-order valence-corrected chi connectivity index (χ0v) is 20.9. The molecular formula is C25H33N3O5S. The van der Waals surface area contributed by atoms with Crippen LogP contribution >= 0.6 is 0 Å². The molecule has 34 heavy (non-hydrogen) atoms. The van der Waals surface area contributed by atoms with Gasteiger partial charge in [0.05, 0.1) is 4.90 Å². The van der Waals surface area contributed by atoms with Gasteiger partial charge in [0.1, 0.15) is 5.54 Å². The van der Waals surface area contributed by atoms with Gasteiger partial charge in [0, 0.05) is 18.8 Å². The minimum absolute atomic E-state index is 0.0221. The standard InChI is InChI=1S/C25H33N3O5S/c1-17(2)19-5-9-21(10-6-19)26-23(29)25(27-24(30)31)13-15-28(16-14-25)34(32,33)22-11-7-20(8-12-22)18(3)4/h5-12,17-18,27H,13-16H2,1-4H3,(H,26,29)(H,30,31). The van der Waals surface area contributed by atoms with Gasteiger partial charge in [-0.3, -0.25) is 4.79 Å². The van der Waals surface area contributed by atoms with E-state index in [0.717, 1.165) is 11.1 Å². The Bertz CT molecular complexity index is 1120. The van der Waals surface area contributed by atoms with Crippen LogP contribution in [0, 0.1) is 0 Å². The fourth-order valence-electron chi connectivity index (χ4n) is 4.10. The highest BCUT2D eigenvalue weighted by Crippen LogP contribution is 2.29. The summed E-state index contributed by atoms with van der Waals surface area (Å²) in [7, 11) is -3.75.